The number of rotatable bonds is 8. The molecule has 1 saturated carbocycles. The van der Waals surface area contributed by atoms with Crippen LogP contribution in [0.15, 0.2) is 66.9 Å². The Labute approximate surface area is 211 Å². The predicted octanol–water partition coefficient (Wildman–Crippen LogP) is 3.72. The molecule has 0 bridgehead atoms. The number of hydrogen-bond acceptors (Lipinski definition) is 6. The van der Waals surface area contributed by atoms with Crippen molar-refractivity contribution < 1.29 is 14.3 Å². The number of nitrogens with one attached hydrogen (secondary N) is 1. The number of benzene rings is 2. The van der Waals surface area contributed by atoms with E-state index in [0.717, 1.165) is 61.6 Å². The van der Waals surface area contributed by atoms with Crippen molar-refractivity contribution in [3.05, 3.63) is 83.7 Å². The van der Waals surface area contributed by atoms with Crippen LogP contribution in [0.2, 0.25) is 0 Å². The van der Waals surface area contributed by atoms with Crippen molar-refractivity contribution in [3.63, 3.8) is 0 Å². The molecular formula is C29H30N4O3. The Morgan fingerprint density at radius 1 is 1.11 bits per heavy atom. The van der Waals surface area contributed by atoms with Crippen LogP contribution in [0, 0.1) is 11.3 Å². The molecule has 1 amide bonds. The Kier molecular flexibility index (Phi) is 7.55. The number of morpholine rings is 1. The molecule has 0 unspecified atom stereocenters. The van der Waals surface area contributed by atoms with Gasteiger partial charge in [0.05, 0.1) is 31.3 Å². The highest BCUT2D eigenvalue weighted by Gasteiger charge is 2.35. The molecule has 2 heterocycles. The van der Waals surface area contributed by atoms with Gasteiger partial charge in [0.1, 0.15) is 11.9 Å². The summed E-state index contributed by atoms with van der Waals surface area (Å²) in [6.45, 7) is 4.11. The van der Waals surface area contributed by atoms with Crippen LogP contribution in [0.4, 0.5) is 0 Å². The van der Waals surface area contributed by atoms with Crippen molar-refractivity contribution in [1.29, 1.82) is 5.26 Å². The fourth-order valence-corrected chi connectivity index (χ4v) is 4.72. The van der Waals surface area contributed by atoms with Gasteiger partial charge in [0.15, 0.2) is 0 Å². The zero-order valence-corrected chi connectivity index (χ0v) is 20.2. The quantitative estimate of drug-likeness (QED) is 0.527. The number of aromatic nitrogens is 1. The van der Waals surface area contributed by atoms with Crippen molar-refractivity contribution in [2.24, 2.45) is 0 Å². The maximum atomic E-state index is 12.3. The smallest absolute Gasteiger partial charge is 0.226 e. The van der Waals surface area contributed by atoms with Gasteiger partial charge in [0.2, 0.25) is 5.91 Å². The SMILES string of the molecule is N#Cc1cc(OC2CC(N3CCOCC3)C2)ccc1-c1ccc(CC(=O)NCc2ccccc2)nc1. The van der Waals surface area contributed by atoms with Crippen molar-refractivity contribution in [2.75, 3.05) is 26.3 Å². The third kappa shape index (κ3) is 5.91. The Morgan fingerprint density at radius 2 is 1.92 bits per heavy atom. The van der Waals surface area contributed by atoms with Gasteiger partial charge in [0.25, 0.3) is 0 Å². The number of nitriles is 1. The summed E-state index contributed by atoms with van der Waals surface area (Å²) in [5.74, 6) is 0.644. The molecule has 1 aliphatic heterocycles. The van der Waals surface area contributed by atoms with Crippen LogP contribution in [0.25, 0.3) is 11.1 Å². The van der Waals surface area contributed by atoms with Crippen LogP contribution in [0.5, 0.6) is 5.75 Å². The highest BCUT2D eigenvalue weighted by atomic mass is 16.5. The van der Waals surface area contributed by atoms with Crippen molar-refractivity contribution in [3.8, 4) is 22.9 Å². The molecule has 2 aliphatic rings. The molecule has 5 rings (SSSR count). The van der Waals surface area contributed by atoms with E-state index in [4.69, 9.17) is 9.47 Å². The minimum atomic E-state index is -0.0785. The second-order valence-corrected chi connectivity index (χ2v) is 9.31. The maximum Gasteiger partial charge on any atom is 0.226 e. The van der Waals surface area contributed by atoms with Gasteiger partial charge in [-0.05, 0) is 29.8 Å². The normalized spacial score (nSPS) is 19.6. The number of nitrogens with zero attached hydrogens (tertiary/aromatic N) is 3. The predicted molar refractivity (Wildman–Crippen MR) is 136 cm³/mol. The van der Waals surface area contributed by atoms with Gasteiger partial charge < -0.3 is 14.8 Å². The van der Waals surface area contributed by atoms with E-state index in [1.54, 1.807) is 6.20 Å². The summed E-state index contributed by atoms with van der Waals surface area (Å²) in [7, 11) is 0. The molecular weight excluding hydrogens is 452 g/mol. The first kappa shape index (κ1) is 24.0. The van der Waals surface area contributed by atoms with Gasteiger partial charge in [-0.25, -0.2) is 0 Å². The van der Waals surface area contributed by atoms with E-state index < -0.39 is 0 Å². The van der Waals surface area contributed by atoms with E-state index in [9.17, 15) is 10.1 Å². The largest absolute Gasteiger partial charge is 0.490 e. The van der Waals surface area contributed by atoms with Gasteiger partial charge in [-0.3, -0.25) is 14.7 Å². The van der Waals surface area contributed by atoms with E-state index >= 15 is 0 Å². The molecule has 36 heavy (non-hydrogen) atoms. The molecule has 3 aromatic rings. The van der Waals surface area contributed by atoms with E-state index in [1.165, 1.54) is 0 Å². The number of carbonyl (C=O) groups is 1. The van der Waals surface area contributed by atoms with Crippen LogP contribution in [0.3, 0.4) is 0 Å². The van der Waals surface area contributed by atoms with Crippen LogP contribution in [-0.2, 0) is 22.5 Å². The molecule has 184 valence electrons. The minimum Gasteiger partial charge on any atom is -0.490 e. The summed E-state index contributed by atoms with van der Waals surface area (Å²) in [5.41, 5.74) is 3.92. The zero-order valence-electron chi connectivity index (χ0n) is 20.2. The van der Waals surface area contributed by atoms with E-state index in [2.05, 4.69) is 21.3 Å². The van der Waals surface area contributed by atoms with Gasteiger partial charge in [-0.2, -0.15) is 5.26 Å². The fourth-order valence-electron chi connectivity index (χ4n) is 4.72. The Hall–Kier alpha value is -3.73. The molecule has 2 aromatic carbocycles. The average molecular weight is 483 g/mol. The molecule has 1 N–H and O–H groups in total. The van der Waals surface area contributed by atoms with Gasteiger partial charge in [0, 0.05) is 61.5 Å². The summed E-state index contributed by atoms with van der Waals surface area (Å²) in [6, 6.07) is 22.0. The molecule has 1 aromatic heterocycles. The summed E-state index contributed by atoms with van der Waals surface area (Å²) >= 11 is 0. The first-order valence-corrected chi connectivity index (χ1v) is 12.5. The third-order valence-corrected chi connectivity index (χ3v) is 6.86. The topological polar surface area (TPSA) is 87.5 Å². The van der Waals surface area contributed by atoms with Crippen LogP contribution < -0.4 is 10.1 Å². The lowest BCUT2D eigenvalue weighted by atomic mass is 9.87. The third-order valence-electron chi connectivity index (χ3n) is 6.86. The molecule has 2 fully saturated rings. The number of carbonyl (C=O) groups excluding carboxylic acids is 1. The lowest BCUT2D eigenvalue weighted by molar-refractivity contribution is -0.120. The number of amides is 1. The summed E-state index contributed by atoms with van der Waals surface area (Å²) < 4.78 is 11.6. The molecule has 1 aliphatic carbocycles. The molecule has 0 spiro atoms. The number of ether oxygens (including phenoxy) is 2. The van der Waals surface area contributed by atoms with Gasteiger partial charge >= 0.3 is 0 Å². The number of hydrogen-bond donors (Lipinski definition) is 1. The second-order valence-electron chi connectivity index (χ2n) is 9.31. The lowest BCUT2D eigenvalue weighted by Gasteiger charge is -2.44. The second kappa shape index (κ2) is 11.3. The maximum absolute atomic E-state index is 12.3. The highest BCUT2D eigenvalue weighted by molar-refractivity contribution is 5.78. The average Bonchev–Trinajstić information content (AvgIpc) is 2.91. The first-order chi connectivity index (χ1) is 17.7. The van der Waals surface area contributed by atoms with Crippen LogP contribution >= 0.6 is 0 Å². The summed E-state index contributed by atoms with van der Waals surface area (Å²) in [4.78, 5) is 19.2. The lowest BCUT2D eigenvalue weighted by Crippen LogP contribution is -2.52. The monoisotopic (exact) mass is 482 g/mol. The first-order valence-electron chi connectivity index (χ1n) is 12.5. The molecule has 7 heteroatoms. The Bertz CT molecular complexity index is 1210. The Balaban J connectivity index is 1.15. The standard InChI is InChI=1S/C29H30N4O3/c30-18-23-14-26(36-27-16-25(17-27)33-10-12-35-13-11-33)8-9-28(23)22-6-7-24(31-20-22)15-29(34)32-19-21-4-2-1-3-5-21/h1-9,14,20,25,27H,10-13,15-17,19H2,(H,32,34). The fraction of sp³-hybridized carbons (Fsp3) is 0.345. The zero-order chi connectivity index (χ0) is 24.7. The molecule has 0 radical (unpaired) electrons. The Morgan fingerprint density at radius 3 is 2.64 bits per heavy atom. The van der Waals surface area contributed by atoms with Crippen LogP contribution in [-0.4, -0.2) is 54.2 Å². The summed E-state index contributed by atoms with van der Waals surface area (Å²) in [6.07, 6.45) is 4.12. The van der Waals surface area contributed by atoms with E-state index in [1.807, 2.05) is 60.7 Å². The summed E-state index contributed by atoms with van der Waals surface area (Å²) in [5, 5.41) is 12.7. The van der Waals surface area contributed by atoms with E-state index in [0.29, 0.717) is 23.8 Å². The van der Waals surface area contributed by atoms with Gasteiger partial charge in [-0.15, -0.1) is 0 Å². The highest BCUT2D eigenvalue weighted by Crippen LogP contribution is 2.32. The van der Waals surface area contributed by atoms with Crippen molar-refractivity contribution in [2.45, 2.75) is 38.0 Å². The minimum absolute atomic E-state index is 0.0785. The van der Waals surface area contributed by atoms with Crippen LogP contribution in [0.1, 0.15) is 29.7 Å². The molecule has 7 nitrogen and oxygen atoms in total. The van der Waals surface area contributed by atoms with Gasteiger partial charge in [-0.1, -0.05) is 36.4 Å². The number of pyridine rings is 1. The van der Waals surface area contributed by atoms with Crippen molar-refractivity contribution >= 4 is 5.91 Å². The molecule has 0 atom stereocenters. The van der Waals surface area contributed by atoms with Crippen molar-refractivity contribution in [1.82, 2.24) is 15.2 Å². The molecule has 1 saturated heterocycles. The van der Waals surface area contributed by atoms with E-state index in [-0.39, 0.29) is 18.4 Å².